The molecule has 0 fully saturated rings. The molecule has 19 heavy (non-hydrogen) atoms. The fourth-order valence-electron chi connectivity index (χ4n) is 1.86. The van der Waals surface area contributed by atoms with Crippen LogP contribution >= 0.6 is 0 Å². The molecule has 0 amide bonds. The van der Waals surface area contributed by atoms with Gasteiger partial charge in [-0.15, -0.1) is 0 Å². The van der Waals surface area contributed by atoms with Crippen molar-refractivity contribution in [3.8, 4) is 0 Å². The summed E-state index contributed by atoms with van der Waals surface area (Å²) in [5.41, 5.74) is 1.18. The van der Waals surface area contributed by atoms with Crippen LogP contribution in [-0.4, -0.2) is 19.2 Å². The lowest BCUT2D eigenvalue weighted by molar-refractivity contribution is -0.149. The van der Waals surface area contributed by atoms with Gasteiger partial charge in [0.1, 0.15) is 0 Å². The van der Waals surface area contributed by atoms with Gasteiger partial charge in [-0.05, 0) is 32.3 Å². The number of unbranched alkanes of at least 4 members (excludes halogenated alkanes) is 6. The molecule has 0 saturated heterocycles. The van der Waals surface area contributed by atoms with Crippen LogP contribution in [0.1, 0.15) is 72.1 Å². The van der Waals surface area contributed by atoms with Gasteiger partial charge in [-0.1, -0.05) is 45.4 Å². The van der Waals surface area contributed by atoms with E-state index in [1.165, 1.54) is 57.6 Å². The Hall–Kier alpha value is -0.990. The van der Waals surface area contributed by atoms with Crippen LogP contribution in [0.25, 0.3) is 0 Å². The van der Waals surface area contributed by atoms with Crippen LogP contribution in [0, 0.1) is 0 Å². The highest BCUT2D eigenvalue weighted by Gasteiger charge is 2.12. The van der Waals surface area contributed by atoms with E-state index in [0.29, 0.717) is 0 Å². The summed E-state index contributed by atoms with van der Waals surface area (Å²) in [5, 5.41) is 0. The highest BCUT2D eigenvalue weighted by Crippen LogP contribution is 2.12. The van der Waals surface area contributed by atoms with Crippen molar-refractivity contribution in [2.24, 2.45) is 0 Å². The first-order chi connectivity index (χ1) is 9.11. The average Bonchev–Trinajstić information content (AvgIpc) is 2.42. The number of esters is 1. The average molecular weight is 270 g/mol. The molecule has 0 aliphatic carbocycles. The van der Waals surface area contributed by atoms with Gasteiger partial charge in [0.25, 0.3) is 0 Å². The van der Waals surface area contributed by atoms with Gasteiger partial charge in [0, 0.05) is 0 Å². The predicted molar refractivity (Wildman–Crippen MR) is 78.9 cm³/mol. The first kappa shape index (κ1) is 18.0. The van der Waals surface area contributed by atoms with Crippen LogP contribution in [0.2, 0.25) is 0 Å². The van der Waals surface area contributed by atoms with E-state index in [4.69, 9.17) is 4.74 Å². The molecule has 0 bridgehead atoms. The van der Waals surface area contributed by atoms with Gasteiger partial charge >= 0.3 is 5.97 Å². The second-order valence-electron chi connectivity index (χ2n) is 5.14. The number of carbonyl (C=O) groups excluding carboxylic acids is 1. The van der Waals surface area contributed by atoms with Crippen molar-refractivity contribution in [3.63, 3.8) is 0 Å². The standard InChI is InChI=1S/C16H30O3/c1-5-6-7-8-9-10-11-12-14(2)13-19-15(3)16(17)18-4/h13,15H,5-12H2,1-4H3/t15-/m0/s1. The number of allylic oxidation sites excluding steroid dienone is 1. The number of hydrogen-bond donors (Lipinski definition) is 0. The predicted octanol–water partition coefficient (Wildman–Crippen LogP) is 4.61. The van der Waals surface area contributed by atoms with Crippen molar-refractivity contribution in [1.82, 2.24) is 0 Å². The summed E-state index contributed by atoms with van der Waals surface area (Å²) >= 11 is 0. The smallest absolute Gasteiger partial charge is 0.346 e. The zero-order chi connectivity index (χ0) is 14.5. The maximum atomic E-state index is 11.1. The van der Waals surface area contributed by atoms with Crippen molar-refractivity contribution in [3.05, 3.63) is 11.8 Å². The molecule has 0 spiro atoms. The van der Waals surface area contributed by atoms with Crippen LogP contribution in [0.3, 0.4) is 0 Å². The van der Waals surface area contributed by atoms with Gasteiger partial charge < -0.3 is 9.47 Å². The molecule has 0 saturated carbocycles. The third-order valence-electron chi connectivity index (χ3n) is 3.18. The summed E-state index contributed by atoms with van der Waals surface area (Å²) < 4.78 is 9.93. The number of ether oxygens (including phenoxy) is 2. The van der Waals surface area contributed by atoms with Crippen molar-refractivity contribution in [2.75, 3.05) is 7.11 Å². The normalized spacial score (nSPS) is 13.2. The van der Waals surface area contributed by atoms with Crippen molar-refractivity contribution < 1.29 is 14.3 Å². The van der Waals surface area contributed by atoms with E-state index in [9.17, 15) is 4.79 Å². The highest BCUT2D eigenvalue weighted by molar-refractivity contribution is 5.74. The molecule has 0 aromatic carbocycles. The number of carbonyl (C=O) groups is 1. The lowest BCUT2D eigenvalue weighted by Crippen LogP contribution is -2.19. The van der Waals surface area contributed by atoms with E-state index in [1.54, 1.807) is 13.2 Å². The zero-order valence-corrected chi connectivity index (χ0v) is 13.0. The van der Waals surface area contributed by atoms with Gasteiger partial charge in [-0.25, -0.2) is 4.79 Å². The molecular weight excluding hydrogens is 240 g/mol. The minimum absolute atomic E-state index is 0.333. The molecule has 0 N–H and O–H groups in total. The third-order valence-corrected chi connectivity index (χ3v) is 3.18. The highest BCUT2D eigenvalue weighted by atomic mass is 16.6. The van der Waals surface area contributed by atoms with Crippen LogP contribution in [0.5, 0.6) is 0 Å². The molecule has 0 radical (unpaired) electrons. The lowest BCUT2D eigenvalue weighted by atomic mass is 10.1. The molecule has 0 unspecified atom stereocenters. The van der Waals surface area contributed by atoms with Crippen LogP contribution in [-0.2, 0) is 14.3 Å². The number of rotatable bonds is 11. The van der Waals surface area contributed by atoms with Crippen LogP contribution < -0.4 is 0 Å². The second-order valence-corrected chi connectivity index (χ2v) is 5.14. The summed E-state index contributed by atoms with van der Waals surface area (Å²) in [5.74, 6) is -0.333. The van der Waals surface area contributed by atoms with Gasteiger partial charge in [0.15, 0.2) is 6.10 Å². The monoisotopic (exact) mass is 270 g/mol. The maximum absolute atomic E-state index is 11.1. The zero-order valence-electron chi connectivity index (χ0n) is 13.0. The Labute approximate surface area is 118 Å². The summed E-state index contributed by atoms with van der Waals surface area (Å²) in [6.07, 6.45) is 11.4. The Bertz CT molecular complexity index is 259. The summed E-state index contributed by atoms with van der Waals surface area (Å²) in [6.45, 7) is 5.98. The molecule has 0 aliphatic heterocycles. The Morgan fingerprint density at radius 3 is 2.26 bits per heavy atom. The Balaban J connectivity index is 3.57. The second kappa shape index (κ2) is 12.1. The summed E-state index contributed by atoms with van der Waals surface area (Å²) in [4.78, 5) is 11.1. The molecule has 0 aromatic rings. The SMILES string of the molecule is CCCCCCCCCC(C)=CO[C@@H](C)C(=O)OC. The fourth-order valence-corrected chi connectivity index (χ4v) is 1.86. The summed E-state index contributed by atoms with van der Waals surface area (Å²) in [6, 6.07) is 0. The van der Waals surface area contributed by atoms with Crippen molar-refractivity contribution in [1.29, 1.82) is 0 Å². The Morgan fingerprint density at radius 2 is 1.68 bits per heavy atom. The molecule has 3 nitrogen and oxygen atoms in total. The van der Waals surface area contributed by atoms with Crippen molar-refractivity contribution in [2.45, 2.75) is 78.2 Å². The molecule has 0 heterocycles. The molecule has 0 rings (SSSR count). The molecule has 1 atom stereocenters. The number of hydrogen-bond acceptors (Lipinski definition) is 3. The quantitative estimate of drug-likeness (QED) is 0.312. The molecular formula is C16H30O3. The Kier molecular flexibility index (Phi) is 11.4. The topological polar surface area (TPSA) is 35.5 Å². The molecule has 3 heteroatoms. The van der Waals surface area contributed by atoms with E-state index in [-0.39, 0.29) is 5.97 Å². The minimum Gasteiger partial charge on any atom is -0.487 e. The van der Waals surface area contributed by atoms with E-state index in [1.807, 2.05) is 6.92 Å². The van der Waals surface area contributed by atoms with Crippen LogP contribution in [0.4, 0.5) is 0 Å². The first-order valence-corrected chi connectivity index (χ1v) is 7.50. The van der Waals surface area contributed by atoms with E-state index in [2.05, 4.69) is 11.7 Å². The van der Waals surface area contributed by atoms with E-state index >= 15 is 0 Å². The molecule has 0 aliphatic rings. The van der Waals surface area contributed by atoms with Gasteiger partial charge in [-0.2, -0.15) is 0 Å². The lowest BCUT2D eigenvalue weighted by Gasteiger charge is -2.09. The van der Waals surface area contributed by atoms with Gasteiger partial charge in [0.2, 0.25) is 0 Å². The Morgan fingerprint density at radius 1 is 1.11 bits per heavy atom. The van der Waals surface area contributed by atoms with Crippen LogP contribution in [0.15, 0.2) is 11.8 Å². The number of methoxy groups -OCH3 is 1. The molecule has 0 aromatic heterocycles. The van der Waals surface area contributed by atoms with Gasteiger partial charge in [0.05, 0.1) is 13.4 Å². The maximum Gasteiger partial charge on any atom is 0.346 e. The third kappa shape index (κ3) is 10.6. The summed E-state index contributed by atoms with van der Waals surface area (Å²) in [7, 11) is 1.37. The largest absolute Gasteiger partial charge is 0.487 e. The molecule has 112 valence electrons. The van der Waals surface area contributed by atoms with E-state index in [0.717, 1.165) is 6.42 Å². The van der Waals surface area contributed by atoms with Crippen molar-refractivity contribution >= 4 is 5.97 Å². The van der Waals surface area contributed by atoms with Gasteiger partial charge in [-0.3, -0.25) is 0 Å². The fraction of sp³-hybridized carbons (Fsp3) is 0.812. The minimum atomic E-state index is -0.519. The van der Waals surface area contributed by atoms with E-state index < -0.39 is 6.10 Å². The first-order valence-electron chi connectivity index (χ1n) is 7.50.